The number of rotatable bonds is 9. The first kappa shape index (κ1) is 17.4. The summed E-state index contributed by atoms with van der Waals surface area (Å²) in [5.74, 6) is 0.605. The van der Waals surface area contributed by atoms with Gasteiger partial charge in [0.25, 0.3) is 0 Å². The van der Waals surface area contributed by atoms with Gasteiger partial charge in [-0.3, -0.25) is 9.69 Å². The second-order valence-corrected chi connectivity index (χ2v) is 5.69. The van der Waals surface area contributed by atoms with Crippen LogP contribution >= 0.6 is 0 Å². The van der Waals surface area contributed by atoms with Gasteiger partial charge in [-0.15, -0.1) is 0 Å². The minimum absolute atomic E-state index is 0.108. The van der Waals surface area contributed by atoms with Crippen molar-refractivity contribution in [3.8, 4) is 0 Å². The van der Waals surface area contributed by atoms with Crippen LogP contribution in [0.1, 0.15) is 47.0 Å². The van der Waals surface area contributed by atoms with E-state index < -0.39 is 0 Å². The molecule has 0 rings (SSSR count). The Bertz CT molecular complexity index is 231. The van der Waals surface area contributed by atoms with Gasteiger partial charge in [0.15, 0.2) is 0 Å². The molecule has 0 saturated carbocycles. The number of nitrogens with zero attached hydrogens (tertiary/aromatic N) is 1. The van der Waals surface area contributed by atoms with Crippen molar-refractivity contribution >= 4 is 5.91 Å². The van der Waals surface area contributed by atoms with Gasteiger partial charge < -0.3 is 11.1 Å². The highest BCUT2D eigenvalue weighted by Gasteiger charge is 2.12. The largest absolute Gasteiger partial charge is 0.353 e. The van der Waals surface area contributed by atoms with Crippen LogP contribution in [0.2, 0.25) is 0 Å². The second-order valence-electron chi connectivity index (χ2n) is 5.69. The van der Waals surface area contributed by atoms with Gasteiger partial charge in [0.05, 0.1) is 6.54 Å². The first-order valence-electron chi connectivity index (χ1n) is 7.10. The number of hydrogen-bond acceptors (Lipinski definition) is 3. The molecule has 0 aliphatic carbocycles. The number of hydrogen-bond donors (Lipinski definition) is 2. The van der Waals surface area contributed by atoms with E-state index in [1.165, 1.54) is 0 Å². The molecule has 1 amide bonds. The van der Waals surface area contributed by atoms with E-state index in [4.69, 9.17) is 5.73 Å². The van der Waals surface area contributed by atoms with Gasteiger partial charge in [-0.1, -0.05) is 27.2 Å². The first-order valence-corrected chi connectivity index (χ1v) is 7.10. The van der Waals surface area contributed by atoms with Crippen LogP contribution in [-0.4, -0.2) is 43.0 Å². The van der Waals surface area contributed by atoms with Crippen LogP contribution in [0.3, 0.4) is 0 Å². The highest BCUT2D eigenvalue weighted by atomic mass is 16.2. The molecule has 2 atom stereocenters. The summed E-state index contributed by atoms with van der Waals surface area (Å²) in [6, 6.07) is 0.489. The molecule has 0 bridgehead atoms. The number of nitrogens with one attached hydrogen (secondary N) is 1. The molecule has 0 radical (unpaired) electrons. The normalized spacial score (nSPS) is 14.9. The van der Waals surface area contributed by atoms with Gasteiger partial charge in [-0.2, -0.15) is 0 Å². The molecule has 3 N–H and O–H groups in total. The fourth-order valence-corrected chi connectivity index (χ4v) is 1.85. The molecular weight excluding hydrogens is 226 g/mol. The van der Waals surface area contributed by atoms with Gasteiger partial charge in [-0.25, -0.2) is 0 Å². The highest BCUT2D eigenvalue weighted by molar-refractivity contribution is 5.78. The van der Waals surface area contributed by atoms with Gasteiger partial charge in [0.2, 0.25) is 5.91 Å². The lowest BCUT2D eigenvalue weighted by Gasteiger charge is -2.21. The molecule has 2 unspecified atom stereocenters. The number of carbonyl (C=O) groups is 1. The molecule has 4 nitrogen and oxygen atoms in total. The SMILES string of the molecule is CCCC(C)NC(=O)CN(C)CCC(N)C(C)C. The molecule has 0 spiro atoms. The number of likely N-dealkylation sites (N-methyl/N-ethyl adjacent to an activating group) is 1. The highest BCUT2D eigenvalue weighted by Crippen LogP contribution is 2.03. The molecule has 0 aliphatic rings. The third-order valence-corrected chi connectivity index (χ3v) is 3.24. The smallest absolute Gasteiger partial charge is 0.234 e. The van der Waals surface area contributed by atoms with E-state index in [-0.39, 0.29) is 18.0 Å². The first-order chi connectivity index (χ1) is 8.36. The van der Waals surface area contributed by atoms with Crippen molar-refractivity contribution in [1.29, 1.82) is 0 Å². The summed E-state index contributed by atoms with van der Waals surface area (Å²) in [6.45, 7) is 9.76. The Labute approximate surface area is 112 Å². The van der Waals surface area contributed by atoms with Gasteiger partial charge >= 0.3 is 0 Å². The van der Waals surface area contributed by atoms with Crippen LogP contribution in [0, 0.1) is 5.92 Å². The summed E-state index contributed by atoms with van der Waals surface area (Å²) >= 11 is 0. The Kier molecular flexibility index (Phi) is 9.02. The Morgan fingerprint density at radius 2 is 1.89 bits per heavy atom. The number of nitrogens with two attached hydrogens (primary N) is 1. The standard InChI is InChI=1S/C14H31N3O/c1-6-7-12(4)16-14(18)10-17(5)9-8-13(15)11(2)3/h11-13H,6-10,15H2,1-5H3,(H,16,18). The average molecular weight is 257 g/mol. The zero-order valence-corrected chi connectivity index (χ0v) is 12.7. The zero-order valence-electron chi connectivity index (χ0n) is 12.7. The maximum absolute atomic E-state index is 11.7. The third-order valence-electron chi connectivity index (χ3n) is 3.24. The molecule has 0 aromatic rings. The lowest BCUT2D eigenvalue weighted by Crippen LogP contribution is -2.41. The number of amides is 1. The predicted octanol–water partition coefficient (Wildman–Crippen LogP) is 1.60. The van der Waals surface area contributed by atoms with Crippen molar-refractivity contribution in [2.75, 3.05) is 20.1 Å². The van der Waals surface area contributed by atoms with Crippen molar-refractivity contribution in [1.82, 2.24) is 10.2 Å². The summed E-state index contributed by atoms with van der Waals surface area (Å²) in [4.78, 5) is 13.8. The summed E-state index contributed by atoms with van der Waals surface area (Å²) in [7, 11) is 1.97. The van der Waals surface area contributed by atoms with Gasteiger partial charge in [0.1, 0.15) is 0 Å². The summed E-state index contributed by atoms with van der Waals surface area (Å²) in [5.41, 5.74) is 5.99. The molecule has 0 fully saturated rings. The van der Waals surface area contributed by atoms with Gasteiger partial charge in [-0.05, 0) is 39.3 Å². The molecular formula is C14H31N3O. The number of carbonyl (C=O) groups excluding carboxylic acids is 1. The Morgan fingerprint density at radius 1 is 1.28 bits per heavy atom. The topological polar surface area (TPSA) is 58.4 Å². The monoisotopic (exact) mass is 257 g/mol. The molecule has 0 aromatic carbocycles. The van der Waals surface area contributed by atoms with Crippen LogP contribution in [0.5, 0.6) is 0 Å². The maximum Gasteiger partial charge on any atom is 0.234 e. The van der Waals surface area contributed by atoms with Crippen LogP contribution in [-0.2, 0) is 4.79 Å². The Balaban J connectivity index is 3.80. The Morgan fingerprint density at radius 3 is 2.39 bits per heavy atom. The Hall–Kier alpha value is -0.610. The van der Waals surface area contributed by atoms with Crippen molar-refractivity contribution in [2.24, 2.45) is 11.7 Å². The van der Waals surface area contributed by atoms with Crippen LogP contribution < -0.4 is 11.1 Å². The van der Waals surface area contributed by atoms with Crippen LogP contribution in [0.25, 0.3) is 0 Å². The van der Waals surface area contributed by atoms with Crippen molar-refractivity contribution in [3.63, 3.8) is 0 Å². The van der Waals surface area contributed by atoms with E-state index in [1.807, 2.05) is 11.9 Å². The minimum Gasteiger partial charge on any atom is -0.353 e. The molecule has 108 valence electrons. The molecule has 0 heterocycles. The molecule has 0 aromatic heterocycles. The van der Waals surface area contributed by atoms with Gasteiger partial charge in [0, 0.05) is 12.1 Å². The fourth-order valence-electron chi connectivity index (χ4n) is 1.85. The van der Waals surface area contributed by atoms with E-state index in [1.54, 1.807) is 0 Å². The van der Waals surface area contributed by atoms with Crippen LogP contribution in [0.15, 0.2) is 0 Å². The lowest BCUT2D eigenvalue weighted by molar-refractivity contribution is -0.122. The lowest BCUT2D eigenvalue weighted by atomic mass is 10.0. The van der Waals surface area contributed by atoms with E-state index in [2.05, 4.69) is 33.0 Å². The molecule has 0 saturated heterocycles. The minimum atomic E-state index is 0.108. The van der Waals surface area contributed by atoms with E-state index in [9.17, 15) is 4.79 Å². The zero-order chi connectivity index (χ0) is 14.1. The predicted molar refractivity (Wildman–Crippen MR) is 77.4 cm³/mol. The quantitative estimate of drug-likeness (QED) is 0.659. The second kappa shape index (κ2) is 9.34. The van der Waals surface area contributed by atoms with E-state index in [0.29, 0.717) is 12.5 Å². The van der Waals surface area contributed by atoms with E-state index >= 15 is 0 Å². The summed E-state index contributed by atoms with van der Waals surface area (Å²) < 4.78 is 0. The molecule has 4 heteroatoms. The summed E-state index contributed by atoms with van der Waals surface area (Å²) in [6.07, 6.45) is 3.07. The maximum atomic E-state index is 11.7. The fraction of sp³-hybridized carbons (Fsp3) is 0.929. The van der Waals surface area contributed by atoms with Crippen molar-refractivity contribution < 1.29 is 4.79 Å². The summed E-state index contributed by atoms with van der Waals surface area (Å²) in [5, 5.41) is 3.01. The van der Waals surface area contributed by atoms with Crippen molar-refractivity contribution in [2.45, 2.75) is 59.0 Å². The van der Waals surface area contributed by atoms with Crippen LogP contribution in [0.4, 0.5) is 0 Å². The van der Waals surface area contributed by atoms with E-state index in [0.717, 1.165) is 25.8 Å². The third kappa shape index (κ3) is 8.48. The average Bonchev–Trinajstić information content (AvgIpc) is 2.25. The molecule has 18 heavy (non-hydrogen) atoms. The molecule has 0 aliphatic heterocycles. The van der Waals surface area contributed by atoms with Crippen molar-refractivity contribution in [3.05, 3.63) is 0 Å².